The molecule has 0 aliphatic carbocycles. The fraction of sp³-hybridized carbons (Fsp3) is 0.836. The van der Waals surface area contributed by atoms with E-state index >= 15 is 0 Å². The molecule has 426 valence electrons. The van der Waals surface area contributed by atoms with Gasteiger partial charge in [-0.2, -0.15) is 0 Å². The van der Waals surface area contributed by atoms with Crippen molar-refractivity contribution in [2.24, 2.45) is 0 Å². The van der Waals surface area contributed by atoms with Crippen molar-refractivity contribution in [3.63, 3.8) is 0 Å². The minimum atomic E-state index is -0.779. The van der Waals surface area contributed by atoms with Gasteiger partial charge in [-0.1, -0.05) is 268 Å². The van der Waals surface area contributed by atoms with E-state index in [0.717, 1.165) is 70.6 Å². The van der Waals surface area contributed by atoms with Crippen LogP contribution in [0.15, 0.2) is 48.6 Å². The SMILES string of the molecule is CCCCC/C=C\C/C=C\CCCCCCCCCCCC(=O)OC[C@H](COC(=O)CCCCCCC/C=C\CCCCCCCC)OC(=O)CCCCCCCCCCCCC/C=C\CCCCCCCC. The van der Waals surface area contributed by atoms with Crippen LogP contribution in [-0.2, 0) is 28.6 Å². The summed E-state index contributed by atoms with van der Waals surface area (Å²) in [5.41, 5.74) is 0. The summed E-state index contributed by atoms with van der Waals surface area (Å²) in [6, 6.07) is 0. The Morgan fingerprint density at radius 3 is 0.795 bits per heavy atom. The number of rotatable bonds is 59. The second-order valence-electron chi connectivity index (χ2n) is 21.7. The molecule has 0 aliphatic heterocycles. The van der Waals surface area contributed by atoms with Crippen LogP contribution >= 0.6 is 0 Å². The van der Waals surface area contributed by atoms with E-state index < -0.39 is 6.10 Å². The van der Waals surface area contributed by atoms with Gasteiger partial charge in [-0.05, 0) is 103 Å². The van der Waals surface area contributed by atoms with Gasteiger partial charge in [0.05, 0.1) is 0 Å². The molecule has 0 fully saturated rings. The molecule has 0 aromatic heterocycles. The van der Waals surface area contributed by atoms with Crippen LogP contribution in [0, 0.1) is 0 Å². The van der Waals surface area contributed by atoms with Crippen LogP contribution in [0.1, 0.15) is 342 Å². The number of carbonyl (C=O) groups excluding carboxylic acids is 3. The predicted octanol–water partition coefficient (Wildman–Crippen LogP) is 21.8. The van der Waals surface area contributed by atoms with Crippen LogP contribution < -0.4 is 0 Å². The van der Waals surface area contributed by atoms with Crippen molar-refractivity contribution in [3.8, 4) is 0 Å². The van der Waals surface area contributed by atoms with Gasteiger partial charge in [0.2, 0.25) is 0 Å². The molecule has 0 spiro atoms. The standard InChI is InChI=1S/C67H122O6/c1-4-7-10-13-16-19-22-25-28-30-32-33-35-37-40-43-46-49-52-55-58-61-67(70)73-64(62-71-65(68)59-56-53-50-47-44-41-38-27-24-21-18-15-12-9-6-3)63-72-66(69)60-57-54-51-48-45-42-39-36-34-31-29-26-23-20-17-14-11-8-5-2/h17,20,25-29,38,64H,4-16,18-19,21-24,30-37,39-63H2,1-3H3/b20-17-,28-25-,29-26-,38-27-/t64-/m0/s1. The zero-order valence-electron chi connectivity index (χ0n) is 48.9. The molecule has 0 saturated heterocycles. The van der Waals surface area contributed by atoms with E-state index in [1.165, 1.54) is 231 Å². The van der Waals surface area contributed by atoms with Crippen molar-refractivity contribution in [2.45, 2.75) is 348 Å². The number of esters is 3. The van der Waals surface area contributed by atoms with Crippen molar-refractivity contribution in [2.75, 3.05) is 13.2 Å². The minimum Gasteiger partial charge on any atom is -0.462 e. The molecule has 1 atom stereocenters. The molecular weight excluding hydrogens is 901 g/mol. The van der Waals surface area contributed by atoms with Crippen LogP contribution in [0.5, 0.6) is 0 Å². The first-order valence-corrected chi connectivity index (χ1v) is 32.1. The zero-order valence-corrected chi connectivity index (χ0v) is 48.9. The molecule has 0 unspecified atom stereocenters. The molecule has 0 aromatic rings. The average molecular weight is 1020 g/mol. The number of carbonyl (C=O) groups is 3. The Hall–Kier alpha value is -2.63. The maximum Gasteiger partial charge on any atom is 0.306 e. The Kier molecular flexibility index (Phi) is 59.7. The van der Waals surface area contributed by atoms with Crippen molar-refractivity contribution < 1.29 is 28.6 Å². The van der Waals surface area contributed by atoms with Crippen LogP contribution in [0.2, 0.25) is 0 Å². The smallest absolute Gasteiger partial charge is 0.306 e. The highest BCUT2D eigenvalue weighted by atomic mass is 16.6. The first-order valence-electron chi connectivity index (χ1n) is 32.1. The third-order valence-corrected chi connectivity index (χ3v) is 14.3. The Morgan fingerprint density at radius 2 is 0.493 bits per heavy atom. The summed E-state index contributed by atoms with van der Waals surface area (Å²) < 4.78 is 16.9. The topological polar surface area (TPSA) is 78.9 Å². The van der Waals surface area contributed by atoms with Crippen molar-refractivity contribution >= 4 is 17.9 Å². The fourth-order valence-electron chi connectivity index (χ4n) is 9.41. The average Bonchev–Trinajstić information content (AvgIpc) is 3.39. The molecule has 0 N–H and O–H groups in total. The highest BCUT2D eigenvalue weighted by Gasteiger charge is 2.19. The van der Waals surface area contributed by atoms with E-state index in [4.69, 9.17) is 14.2 Å². The number of unbranched alkanes of at least 4 members (excludes halogenated alkanes) is 40. The summed E-state index contributed by atoms with van der Waals surface area (Å²) in [7, 11) is 0. The van der Waals surface area contributed by atoms with Gasteiger partial charge in [0.25, 0.3) is 0 Å². The Balaban J connectivity index is 4.34. The van der Waals surface area contributed by atoms with Crippen LogP contribution in [-0.4, -0.2) is 37.2 Å². The van der Waals surface area contributed by atoms with E-state index in [2.05, 4.69) is 69.4 Å². The van der Waals surface area contributed by atoms with Gasteiger partial charge >= 0.3 is 17.9 Å². The zero-order chi connectivity index (χ0) is 52.9. The third-order valence-electron chi connectivity index (χ3n) is 14.3. The van der Waals surface area contributed by atoms with Crippen LogP contribution in [0.3, 0.4) is 0 Å². The van der Waals surface area contributed by atoms with E-state index in [0.29, 0.717) is 19.3 Å². The van der Waals surface area contributed by atoms with E-state index in [1.54, 1.807) is 0 Å². The molecule has 0 amide bonds. The molecule has 6 heteroatoms. The van der Waals surface area contributed by atoms with Gasteiger partial charge < -0.3 is 14.2 Å². The molecular formula is C67H122O6. The Labute approximate surface area is 454 Å². The van der Waals surface area contributed by atoms with Gasteiger partial charge in [-0.3, -0.25) is 14.4 Å². The van der Waals surface area contributed by atoms with Gasteiger partial charge in [-0.25, -0.2) is 0 Å². The third kappa shape index (κ3) is 60.1. The van der Waals surface area contributed by atoms with Gasteiger partial charge in [-0.15, -0.1) is 0 Å². The lowest BCUT2D eigenvalue weighted by atomic mass is 10.0. The second-order valence-corrected chi connectivity index (χ2v) is 21.7. The molecule has 0 radical (unpaired) electrons. The lowest BCUT2D eigenvalue weighted by molar-refractivity contribution is -0.167. The van der Waals surface area contributed by atoms with Crippen molar-refractivity contribution in [3.05, 3.63) is 48.6 Å². The largest absolute Gasteiger partial charge is 0.462 e. The van der Waals surface area contributed by atoms with E-state index in [1.807, 2.05) is 0 Å². The molecule has 73 heavy (non-hydrogen) atoms. The molecule has 0 bridgehead atoms. The van der Waals surface area contributed by atoms with Gasteiger partial charge in [0.15, 0.2) is 6.10 Å². The maximum atomic E-state index is 12.9. The molecule has 0 saturated carbocycles. The summed E-state index contributed by atoms with van der Waals surface area (Å²) in [6.45, 7) is 6.64. The molecule has 0 heterocycles. The maximum absolute atomic E-state index is 12.9. The Bertz CT molecular complexity index is 1270. The highest BCUT2D eigenvalue weighted by Crippen LogP contribution is 2.17. The fourth-order valence-corrected chi connectivity index (χ4v) is 9.41. The second kappa shape index (κ2) is 61.9. The number of hydrogen-bond acceptors (Lipinski definition) is 6. The summed E-state index contributed by atoms with van der Waals surface area (Å²) in [5, 5.41) is 0. The summed E-state index contributed by atoms with van der Waals surface area (Å²) >= 11 is 0. The number of hydrogen-bond donors (Lipinski definition) is 0. The molecule has 0 rings (SSSR count). The first-order chi connectivity index (χ1) is 36.0. The first kappa shape index (κ1) is 70.4. The lowest BCUT2D eigenvalue weighted by Crippen LogP contribution is -2.30. The summed E-state index contributed by atoms with van der Waals surface area (Å²) in [4.78, 5) is 38.3. The van der Waals surface area contributed by atoms with E-state index in [9.17, 15) is 14.4 Å². The van der Waals surface area contributed by atoms with Gasteiger partial charge in [0, 0.05) is 19.3 Å². The minimum absolute atomic E-state index is 0.0758. The van der Waals surface area contributed by atoms with Crippen molar-refractivity contribution in [1.29, 1.82) is 0 Å². The molecule has 0 aliphatic rings. The van der Waals surface area contributed by atoms with E-state index in [-0.39, 0.29) is 31.1 Å². The quantitative estimate of drug-likeness (QED) is 0.0261. The highest BCUT2D eigenvalue weighted by molar-refractivity contribution is 5.71. The summed E-state index contributed by atoms with van der Waals surface area (Å²) in [5.74, 6) is -0.869. The van der Waals surface area contributed by atoms with Gasteiger partial charge in [0.1, 0.15) is 13.2 Å². The van der Waals surface area contributed by atoms with Crippen LogP contribution in [0.4, 0.5) is 0 Å². The monoisotopic (exact) mass is 1020 g/mol. The van der Waals surface area contributed by atoms with Crippen molar-refractivity contribution in [1.82, 2.24) is 0 Å². The van der Waals surface area contributed by atoms with Crippen LogP contribution in [0.25, 0.3) is 0 Å². The normalized spacial score (nSPS) is 12.3. The Morgan fingerprint density at radius 1 is 0.274 bits per heavy atom. The number of ether oxygens (including phenoxy) is 3. The summed E-state index contributed by atoms with van der Waals surface area (Å²) in [6.07, 6.45) is 76.8. The predicted molar refractivity (Wildman–Crippen MR) is 316 cm³/mol. The molecule has 0 aromatic carbocycles. The lowest BCUT2D eigenvalue weighted by Gasteiger charge is -2.18. The molecule has 6 nitrogen and oxygen atoms in total. The number of allylic oxidation sites excluding steroid dienone is 8.